The van der Waals surface area contributed by atoms with Crippen molar-refractivity contribution in [3.05, 3.63) is 48.0 Å². The van der Waals surface area contributed by atoms with Crippen LogP contribution in [0.15, 0.2) is 47.4 Å². The molecule has 0 bridgehead atoms. The summed E-state index contributed by atoms with van der Waals surface area (Å²) in [7, 11) is 0. The van der Waals surface area contributed by atoms with Gasteiger partial charge in [0.1, 0.15) is 0 Å². The van der Waals surface area contributed by atoms with E-state index in [2.05, 4.69) is 10.6 Å². The van der Waals surface area contributed by atoms with Crippen molar-refractivity contribution in [2.75, 3.05) is 34.9 Å². The molecule has 1 aliphatic rings. The first-order valence-corrected chi connectivity index (χ1v) is 9.38. The molecule has 2 aromatic rings. The van der Waals surface area contributed by atoms with E-state index >= 15 is 0 Å². The number of amides is 2. The summed E-state index contributed by atoms with van der Waals surface area (Å²) in [5.41, 5.74) is 3.75. The molecule has 1 aliphatic heterocycles. The van der Waals surface area contributed by atoms with Crippen molar-refractivity contribution in [1.82, 2.24) is 0 Å². The summed E-state index contributed by atoms with van der Waals surface area (Å²) < 4.78 is 0. The molecular weight excluding hydrogens is 334 g/mol. The Bertz CT molecular complexity index is 807. The fourth-order valence-electron chi connectivity index (χ4n) is 2.98. The van der Waals surface area contributed by atoms with Gasteiger partial charge in [-0.2, -0.15) is 0 Å². The van der Waals surface area contributed by atoms with Crippen LogP contribution in [-0.2, 0) is 16.0 Å². The van der Waals surface area contributed by atoms with Crippen LogP contribution in [0.2, 0.25) is 0 Å². The van der Waals surface area contributed by atoms with E-state index in [0.29, 0.717) is 6.54 Å². The number of anilines is 3. The van der Waals surface area contributed by atoms with E-state index < -0.39 is 0 Å². The third kappa shape index (κ3) is 3.96. The van der Waals surface area contributed by atoms with Crippen molar-refractivity contribution in [2.45, 2.75) is 18.2 Å². The van der Waals surface area contributed by atoms with Crippen LogP contribution in [0.4, 0.5) is 17.1 Å². The number of carbonyl (C=O) groups is 2. The molecule has 2 aromatic carbocycles. The van der Waals surface area contributed by atoms with Crippen LogP contribution in [0.3, 0.4) is 0 Å². The van der Waals surface area contributed by atoms with Crippen LogP contribution >= 0.6 is 11.8 Å². The van der Waals surface area contributed by atoms with E-state index in [1.54, 1.807) is 23.6 Å². The number of nitrogens with one attached hydrogen (secondary N) is 2. The largest absolute Gasteiger partial charge is 0.375 e. The van der Waals surface area contributed by atoms with Crippen molar-refractivity contribution in [1.29, 1.82) is 0 Å². The normalized spacial score (nSPS) is 12.6. The van der Waals surface area contributed by atoms with Gasteiger partial charge in [0.05, 0.1) is 6.54 Å². The van der Waals surface area contributed by atoms with Gasteiger partial charge in [0.25, 0.3) is 0 Å². The Morgan fingerprint density at radius 1 is 1.20 bits per heavy atom. The Kier molecular flexibility index (Phi) is 5.28. The van der Waals surface area contributed by atoms with Crippen molar-refractivity contribution < 1.29 is 9.59 Å². The highest BCUT2D eigenvalue weighted by Crippen LogP contribution is 2.30. The topological polar surface area (TPSA) is 61.4 Å². The highest BCUT2D eigenvalue weighted by Gasteiger charge is 2.22. The molecule has 1 heterocycles. The number of hydrogen-bond donors (Lipinski definition) is 2. The van der Waals surface area contributed by atoms with Gasteiger partial charge in [0.15, 0.2) is 0 Å². The predicted molar refractivity (Wildman–Crippen MR) is 104 cm³/mol. The third-order valence-electron chi connectivity index (χ3n) is 4.19. The summed E-state index contributed by atoms with van der Waals surface area (Å²) in [5, 5.41) is 6.08. The maximum absolute atomic E-state index is 12.2. The average molecular weight is 355 g/mol. The first-order chi connectivity index (χ1) is 12.1. The van der Waals surface area contributed by atoms with E-state index in [1.165, 1.54) is 0 Å². The van der Waals surface area contributed by atoms with Crippen molar-refractivity contribution >= 4 is 40.6 Å². The van der Waals surface area contributed by atoms with Gasteiger partial charge in [-0.1, -0.05) is 12.1 Å². The molecule has 2 amide bonds. The molecule has 0 saturated carbocycles. The van der Waals surface area contributed by atoms with Gasteiger partial charge in [-0.15, -0.1) is 11.8 Å². The Balaban J connectivity index is 1.61. The van der Waals surface area contributed by atoms with Gasteiger partial charge < -0.3 is 15.5 Å². The lowest BCUT2D eigenvalue weighted by molar-refractivity contribution is -0.116. The molecule has 0 fully saturated rings. The van der Waals surface area contributed by atoms with E-state index in [1.807, 2.05) is 48.7 Å². The van der Waals surface area contributed by atoms with Crippen LogP contribution in [0, 0.1) is 0 Å². The summed E-state index contributed by atoms with van der Waals surface area (Å²) in [4.78, 5) is 26.7. The first kappa shape index (κ1) is 17.4. The molecule has 2 N–H and O–H groups in total. The number of thioether (sulfide) groups is 1. The van der Waals surface area contributed by atoms with Gasteiger partial charge in [-0.3, -0.25) is 9.59 Å². The van der Waals surface area contributed by atoms with Crippen LogP contribution in [0.1, 0.15) is 12.5 Å². The zero-order chi connectivity index (χ0) is 17.8. The van der Waals surface area contributed by atoms with E-state index in [0.717, 1.165) is 33.9 Å². The molecular formula is C19H21N3O2S. The van der Waals surface area contributed by atoms with Gasteiger partial charge in [-0.05, 0) is 48.6 Å². The van der Waals surface area contributed by atoms with E-state index in [9.17, 15) is 9.59 Å². The predicted octanol–water partition coefficient (Wildman–Crippen LogP) is 3.37. The van der Waals surface area contributed by atoms with Crippen LogP contribution in [0.25, 0.3) is 0 Å². The lowest BCUT2D eigenvalue weighted by Gasteiger charge is -2.15. The molecule has 6 heteroatoms. The third-order valence-corrected chi connectivity index (χ3v) is 4.98. The maximum atomic E-state index is 12.2. The van der Waals surface area contributed by atoms with E-state index in [4.69, 9.17) is 0 Å². The zero-order valence-corrected chi connectivity index (χ0v) is 15.2. The molecule has 0 saturated heterocycles. The van der Waals surface area contributed by atoms with Crippen LogP contribution in [-0.4, -0.2) is 31.2 Å². The van der Waals surface area contributed by atoms with Gasteiger partial charge >= 0.3 is 0 Å². The molecule has 0 aliphatic carbocycles. The van der Waals surface area contributed by atoms with E-state index in [-0.39, 0.29) is 18.4 Å². The number of hydrogen-bond acceptors (Lipinski definition) is 4. The molecule has 0 unspecified atom stereocenters. The number of para-hydroxylation sites is 1. The Hall–Kier alpha value is -2.47. The van der Waals surface area contributed by atoms with Crippen molar-refractivity contribution in [3.63, 3.8) is 0 Å². The minimum Gasteiger partial charge on any atom is -0.375 e. The molecule has 0 atom stereocenters. The number of fused-ring (bicyclic) bond motifs is 1. The lowest BCUT2D eigenvalue weighted by Crippen LogP contribution is -2.25. The standard InChI is InChI=1S/C19H21N3O2S/c1-13(23)22-10-9-14-11-15(7-8-17(14)22)21-19(24)12-20-16-5-3-4-6-18(16)25-2/h3-8,11,20H,9-10,12H2,1-2H3,(H,21,24). The number of nitrogens with zero attached hydrogens (tertiary/aromatic N) is 1. The first-order valence-electron chi connectivity index (χ1n) is 8.16. The van der Waals surface area contributed by atoms with Gasteiger partial charge in [0.2, 0.25) is 11.8 Å². The molecule has 3 rings (SSSR count). The number of carbonyl (C=O) groups excluding carboxylic acids is 2. The molecule has 0 aromatic heterocycles. The maximum Gasteiger partial charge on any atom is 0.243 e. The SMILES string of the molecule is CSc1ccccc1NCC(=O)Nc1ccc2c(c1)CCN2C(C)=O. The molecule has 0 spiro atoms. The fourth-order valence-corrected chi connectivity index (χ4v) is 3.55. The second kappa shape index (κ2) is 7.61. The van der Waals surface area contributed by atoms with Crippen molar-refractivity contribution in [3.8, 4) is 0 Å². The smallest absolute Gasteiger partial charge is 0.243 e. The van der Waals surface area contributed by atoms with Crippen molar-refractivity contribution in [2.24, 2.45) is 0 Å². The summed E-state index contributed by atoms with van der Waals surface area (Å²) in [6.07, 6.45) is 2.83. The second-order valence-electron chi connectivity index (χ2n) is 5.87. The van der Waals surface area contributed by atoms with Crippen LogP contribution < -0.4 is 15.5 Å². The lowest BCUT2D eigenvalue weighted by atomic mass is 10.1. The molecule has 25 heavy (non-hydrogen) atoms. The van der Waals surface area contributed by atoms with Crippen LogP contribution in [0.5, 0.6) is 0 Å². The Morgan fingerprint density at radius 2 is 2.00 bits per heavy atom. The minimum absolute atomic E-state index is 0.0483. The Morgan fingerprint density at radius 3 is 2.76 bits per heavy atom. The summed E-state index contributed by atoms with van der Waals surface area (Å²) in [6, 6.07) is 13.6. The molecule has 5 nitrogen and oxygen atoms in total. The summed E-state index contributed by atoms with van der Waals surface area (Å²) >= 11 is 1.64. The minimum atomic E-state index is -0.0997. The molecule has 0 radical (unpaired) electrons. The Labute approximate surface area is 151 Å². The number of benzene rings is 2. The highest BCUT2D eigenvalue weighted by molar-refractivity contribution is 7.98. The fraction of sp³-hybridized carbons (Fsp3) is 0.263. The summed E-state index contributed by atoms with van der Waals surface area (Å²) in [6.45, 7) is 2.48. The summed E-state index contributed by atoms with van der Waals surface area (Å²) in [5.74, 6) is -0.0514. The number of rotatable bonds is 5. The zero-order valence-electron chi connectivity index (χ0n) is 14.3. The van der Waals surface area contributed by atoms with Gasteiger partial charge in [-0.25, -0.2) is 0 Å². The average Bonchev–Trinajstić information content (AvgIpc) is 3.03. The molecule has 130 valence electrons. The second-order valence-corrected chi connectivity index (χ2v) is 6.71. The monoisotopic (exact) mass is 355 g/mol. The quantitative estimate of drug-likeness (QED) is 0.808. The van der Waals surface area contributed by atoms with Gasteiger partial charge in [0, 0.05) is 35.4 Å². The highest BCUT2D eigenvalue weighted by atomic mass is 32.2.